The van der Waals surface area contributed by atoms with Crippen LogP contribution >= 0.6 is 12.2 Å². The molecule has 18 heavy (non-hydrogen) atoms. The lowest BCUT2D eigenvalue weighted by atomic mass is 9.97. The molecule has 0 fully saturated rings. The quantitative estimate of drug-likeness (QED) is 0.727. The van der Waals surface area contributed by atoms with E-state index in [2.05, 4.69) is 5.32 Å². The number of aryl methyl sites for hydroxylation is 1. The largest absolute Gasteiger partial charge is 0.508 e. The Kier molecular flexibility index (Phi) is 4.29. The molecule has 1 rings (SSSR count). The van der Waals surface area contributed by atoms with E-state index in [9.17, 15) is 9.90 Å². The van der Waals surface area contributed by atoms with Crippen LogP contribution in [-0.4, -0.2) is 21.5 Å². The lowest BCUT2D eigenvalue weighted by Crippen LogP contribution is -2.54. The highest BCUT2D eigenvalue weighted by Gasteiger charge is 2.28. The summed E-state index contributed by atoms with van der Waals surface area (Å²) in [6.45, 7) is 5.46. The van der Waals surface area contributed by atoms with E-state index < -0.39 is 5.54 Å². The fourth-order valence-corrected chi connectivity index (χ4v) is 1.74. The molecule has 1 aromatic rings. The third-order valence-electron chi connectivity index (χ3n) is 3.09. The molecule has 0 spiro atoms. The zero-order chi connectivity index (χ0) is 13.9. The van der Waals surface area contributed by atoms with Gasteiger partial charge in [0.2, 0.25) is 0 Å². The second-order valence-corrected chi connectivity index (χ2v) is 4.94. The second kappa shape index (κ2) is 5.35. The van der Waals surface area contributed by atoms with Gasteiger partial charge in [-0.25, -0.2) is 0 Å². The number of carbonyl (C=O) groups is 1. The number of nitrogens with one attached hydrogen (secondary N) is 1. The van der Waals surface area contributed by atoms with E-state index in [0.29, 0.717) is 17.5 Å². The minimum Gasteiger partial charge on any atom is -0.508 e. The first-order valence-corrected chi connectivity index (χ1v) is 6.13. The van der Waals surface area contributed by atoms with Gasteiger partial charge in [-0.3, -0.25) is 4.79 Å². The molecule has 0 bridgehead atoms. The van der Waals surface area contributed by atoms with Gasteiger partial charge in [-0.15, -0.1) is 0 Å². The molecule has 0 aliphatic carbocycles. The Labute approximate surface area is 112 Å². The summed E-state index contributed by atoms with van der Waals surface area (Å²) in [7, 11) is 0. The average molecular weight is 266 g/mol. The van der Waals surface area contributed by atoms with Gasteiger partial charge in [-0.05, 0) is 44.0 Å². The number of phenols is 1. The van der Waals surface area contributed by atoms with Crippen molar-refractivity contribution in [1.29, 1.82) is 0 Å². The highest BCUT2D eigenvalue weighted by atomic mass is 32.1. The Bertz CT molecular complexity index is 488. The molecular formula is C13H18N2O2S. The van der Waals surface area contributed by atoms with E-state index >= 15 is 0 Å². The molecule has 0 aromatic heterocycles. The predicted molar refractivity (Wildman–Crippen MR) is 75.8 cm³/mol. The van der Waals surface area contributed by atoms with Gasteiger partial charge in [0.25, 0.3) is 5.91 Å². The molecule has 1 amide bonds. The number of benzene rings is 1. The summed E-state index contributed by atoms with van der Waals surface area (Å²) in [5, 5.41) is 12.1. The second-order valence-electron chi connectivity index (χ2n) is 4.50. The Hall–Kier alpha value is -1.62. The number of rotatable bonds is 4. The molecule has 1 aromatic carbocycles. The standard InChI is InChI=1S/C13H18N2O2S/c1-4-13(3,12(14)18)15-11(17)10-6-5-9(16)7-8(10)2/h5-7,16H,4H2,1-3H3,(H2,14,18)(H,15,17). The molecule has 1 unspecified atom stereocenters. The van der Waals surface area contributed by atoms with Crippen molar-refractivity contribution in [3.63, 3.8) is 0 Å². The van der Waals surface area contributed by atoms with Crippen LogP contribution in [0.25, 0.3) is 0 Å². The summed E-state index contributed by atoms with van der Waals surface area (Å²) in [6, 6.07) is 4.60. The van der Waals surface area contributed by atoms with Crippen molar-refractivity contribution in [3.8, 4) is 5.75 Å². The molecule has 0 saturated carbocycles. The summed E-state index contributed by atoms with van der Waals surface area (Å²) in [4.78, 5) is 12.4. The van der Waals surface area contributed by atoms with Crippen LogP contribution in [0.3, 0.4) is 0 Å². The Morgan fingerprint density at radius 1 is 1.56 bits per heavy atom. The van der Waals surface area contributed by atoms with Crippen LogP contribution in [0.5, 0.6) is 5.75 Å². The lowest BCUT2D eigenvalue weighted by Gasteiger charge is -2.28. The van der Waals surface area contributed by atoms with Gasteiger partial charge in [0.1, 0.15) is 5.75 Å². The maximum absolute atomic E-state index is 12.1. The molecule has 1 atom stereocenters. The molecule has 0 saturated heterocycles. The number of carbonyl (C=O) groups excluding carboxylic acids is 1. The van der Waals surface area contributed by atoms with Crippen molar-refractivity contribution in [2.24, 2.45) is 5.73 Å². The predicted octanol–water partition coefficient (Wildman–Crippen LogP) is 1.89. The third-order valence-corrected chi connectivity index (χ3v) is 3.55. The van der Waals surface area contributed by atoms with Crippen LogP contribution < -0.4 is 11.1 Å². The topological polar surface area (TPSA) is 75.3 Å². The van der Waals surface area contributed by atoms with Crippen LogP contribution in [0.2, 0.25) is 0 Å². The van der Waals surface area contributed by atoms with Gasteiger partial charge in [0, 0.05) is 5.56 Å². The highest BCUT2D eigenvalue weighted by molar-refractivity contribution is 7.80. The minimum absolute atomic E-state index is 0.136. The van der Waals surface area contributed by atoms with Crippen molar-refractivity contribution < 1.29 is 9.90 Å². The molecule has 0 heterocycles. The number of phenolic OH excluding ortho intramolecular Hbond substituents is 1. The van der Waals surface area contributed by atoms with Crippen LogP contribution in [0, 0.1) is 6.92 Å². The molecule has 0 aliphatic heterocycles. The van der Waals surface area contributed by atoms with Gasteiger partial charge in [-0.2, -0.15) is 0 Å². The van der Waals surface area contributed by atoms with E-state index in [1.165, 1.54) is 6.07 Å². The number of thiocarbonyl (C=S) groups is 1. The van der Waals surface area contributed by atoms with Crippen LogP contribution in [-0.2, 0) is 0 Å². The first-order chi connectivity index (χ1) is 8.30. The van der Waals surface area contributed by atoms with Crippen LogP contribution in [0.1, 0.15) is 36.2 Å². The maximum atomic E-state index is 12.1. The van der Waals surface area contributed by atoms with E-state index in [1.807, 2.05) is 6.92 Å². The average Bonchev–Trinajstić information content (AvgIpc) is 2.28. The van der Waals surface area contributed by atoms with Crippen LogP contribution in [0.15, 0.2) is 18.2 Å². The maximum Gasteiger partial charge on any atom is 0.252 e. The molecule has 0 aliphatic rings. The van der Waals surface area contributed by atoms with E-state index in [-0.39, 0.29) is 16.6 Å². The van der Waals surface area contributed by atoms with Gasteiger partial charge in [-0.1, -0.05) is 19.1 Å². The van der Waals surface area contributed by atoms with Gasteiger partial charge in [0.15, 0.2) is 0 Å². The van der Waals surface area contributed by atoms with E-state index in [4.69, 9.17) is 18.0 Å². The first-order valence-electron chi connectivity index (χ1n) is 5.72. The number of amides is 1. The van der Waals surface area contributed by atoms with Crippen LogP contribution in [0.4, 0.5) is 0 Å². The fraction of sp³-hybridized carbons (Fsp3) is 0.385. The van der Waals surface area contributed by atoms with Crippen molar-refractivity contribution >= 4 is 23.1 Å². The van der Waals surface area contributed by atoms with Gasteiger partial charge < -0.3 is 16.2 Å². The summed E-state index contributed by atoms with van der Waals surface area (Å²) in [6.07, 6.45) is 0.616. The first kappa shape index (κ1) is 14.4. The normalized spacial score (nSPS) is 13.7. The zero-order valence-corrected chi connectivity index (χ0v) is 11.6. The Morgan fingerprint density at radius 3 is 2.61 bits per heavy atom. The Balaban J connectivity index is 2.98. The molecule has 4 N–H and O–H groups in total. The van der Waals surface area contributed by atoms with Crippen molar-refractivity contribution in [3.05, 3.63) is 29.3 Å². The SMILES string of the molecule is CCC(C)(NC(=O)c1ccc(O)cc1C)C(N)=S. The smallest absolute Gasteiger partial charge is 0.252 e. The molecule has 98 valence electrons. The lowest BCUT2D eigenvalue weighted by molar-refractivity contribution is 0.0926. The summed E-state index contributed by atoms with van der Waals surface area (Å²) in [5.41, 5.74) is 6.16. The van der Waals surface area contributed by atoms with E-state index in [1.54, 1.807) is 26.0 Å². The Morgan fingerprint density at radius 2 is 2.17 bits per heavy atom. The number of aromatic hydroxyl groups is 1. The van der Waals surface area contributed by atoms with Crippen molar-refractivity contribution in [2.75, 3.05) is 0 Å². The zero-order valence-electron chi connectivity index (χ0n) is 10.8. The molecular weight excluding hydrogens is 248 g/mol. The molecule has 5 heteroatoms. The summed E-state index contributed by atoms with van der Waals surface area (Å²) in [5.74, 6) is -0.110. The number of hydrogen-bond donors (Lipinski definition) is 3. The fourth-order valence-electron chi connectivity index (χ4n) is 1.54. The van der Waals surface area contributed by atoms with Crippen molar-refractivity contribution in [1.82, 2.24) is 5.32 Å². The third kappa shape index (κ3) is 2.98. The monoisotopic (exact) mass is 266 g/mol. The summed E-state index contributed by atoms with van der Waals surface area (Å²) >= 11 is 4.97. The van der Waals surface area contributed by atoms with Gasteiger partial charge >= 0.3 is 0 Å². The number of nitrogens with two attached hydrogens (primary N) is 1. The van der Waals surface area contributed by atoms with Crippen molar-refractivity contribution in [2.45, 2.75) is 32.7 Å². The highest BCUT2D eigenvalue weighted by Crippen LogP contribution is 2.17. The summed E-state index contributed by atoms with van der Waals surface area (Å²) < 4.78 is 0. The number of hydrogen-bond acceptors (Lipinski definition) is 3. The van der Waals surface area contributed by atoms with Gasteiger partial charge in [0.05, 0.1) is 10.5 Å². The van der Waals surface area contributed by atoms with E-state index in [0.717, 1.165) is 0 Å². The molecule has 4 nitrogen and oxygen atoms in total. The molecule has 0 radical (unpaired) electrons. The minimum atomic E-state index is -0.698.